The van der Waals surface area contributed by atoms with E-state index in [0.717, 1.165) is 58.4 Å². The summed E-state index contributed by atoms with van der Waals surface area (Å²) in [6.07, 6.45) is 2.63. The molecule has 0 aliphatic carbocycles. The van der Waals surface area contributed by atoms with E-state index in [9.17, 15) is 0 Å². The van der Waals surface area contributed by atoms with Crippen molar-refractivity contribution in [2.75, 3.05) is 50.9 Å². The number of aliphatic imine (C=N–C) groups is 1. The molecule has 7 heteroatoms. The van der Waals surface area contributed by atoms with E-state index in [1.165, 1.54) is 17.7 Å². The number of benzene rings is 1. The Balaban J connectivity index is 0.00000341. The van der Waals surface area contributed by atoms with E-state index in [-0.39, 0.29) is 35.5 Å². The van der Waals surface area contributed by atoms with Crippen LogP contribution in [-0.4, -0.2) is 58.1 Å². The van der Waals surface area contributed by atoms with Gasteiger partial charge in [0.15, 0.2) is 5.96 Å². The van der Waals surface area contributed by atoms with Crippen LogP contribution in [0.4, 0.5) is 5.69 Å². The molecule has 0 aromatic heterocycles. The number of hydrogen-bond acceptors (Lipinski definition) is 4. The quantitative estimate of drug-likeness (QED) is 0.322. The minimum absolute atomic E-state index is 0. The first kappa shape index (κ1) is 26.2. The minimum atomic E-state index is 0. The molecule has 1 aromatic carbocycles. The molecule has 2 aliphatic rings. The standard InChI is InChI=1S/C24H40N4O2.HI/c1-5-25-23(27-18-20-7-6-14-30-22(20)24(2,3)4)26-17-19-8-10-21(11-9-19)28-12-15-29-16-13-28;/h8-11,20,22H,5-7,12-18H2,1-4H3,(H2,25,26,27);1H. The molecule has 2 atom stereocenters. The van der Waals surface area contributed by atoms with E-state index in [1.54, 1.807) is 0 Å². The zero-order chi connectivity index (χ0) is 21.4. The molecule has 2 fully saturated rings. The summed E-state index contributed by atoms with van der Waals surface area (Å²) in [5.74, 6) is 1.39. The van der Waals surface area contributed by atoms with Crippen LogP contribution in [0.15, 0.2) is 29.3 Å². The maximum Gasteiger partial charge on any atom is 0.191 e. The SMILES string of the molecule is CCNC(=NCc1ccc(N2CCOCC2)cc1)NCC1CCCOC1C(C)(C)C.I. The van der Waals surface area contributed by atoms with Gasteiger partial charge < -0.3 is 25.0 Å². The van der Waals surface area contributed by atoms with E-state index in [2.05, 4.69) is 67.5 Å². The van der Waals surface area contributed by atoms with E-state index < -0.39 is 0 Å². The van der Waals surface area contributed by atoms with Gasteiger partial charge in [-0.05, 0) is 42.9 Å². The highest BCUT2D eigenvalue weighted by molar-refractivity contribution is 14.0. The lowest BCUT2D eigenvalue weighted by Crippen LogP contribution is -2.47. The number of nitrogens with one attached hydrogen (secondary N) is 2. The predicted octanol–water partition coefficient (Wildman–Crippen LogP) is 4.04. The molecular formula is C24H41IN4O2. The van der Waals surface area contributed by atoms with Crippen LogP contribution in [-0.2, 0) is 16.0 Å². The maximum atomic E-state index is 6.13. The van der Waals surface area contributed by atoms with Gasteiger partial charge in [-0.1, -0.05) is 32.9 Å². The fraction of sp³-hybridized carbons (Fsp3) is 0.708. The molecule has 0 spiro atoms. The topological polar surface area (TPSA) is 58.1 Å². The normalized spacial score (nSPS) is 22.6. The van der Waals surface area contributed by atoms with Gasteiger partial charge in [0.1, 0.15) is 0 Å². The second-order valence-corrected chi connectivity index (χ2v) is 9.40. The average molecular weight is 545 g/mol. The Bertz CT molecular complexity index is 669. The number of hydrogen-bond donors (Lipinski definition) is 2. The summed E-state index contributed by atoms with van der Waals surface area (Å²) in [5, 5.41) is 6.95. The minimum Gasteiger partial charge on any atom is -0.378 e. The van der Waals surface area contributed by atoms with Crippen LogP contribution in [0.3, 0.4) is 0 Å². The molecule has 0 amide bonds. The van der Waals surface area contributed by atoms with Crippen molar-refractivity contribution < 1.29 is 9.47 Å². The van der Waals surface area contributed by atoms with Crippen molar-refractivity contribution in [3.63, 3.8) is 0 Å². The van der Waals surface area contributed by atoms with Gasteiger partial charge in [0.05, 0.1) is 25.9 Å². The van der Waals surface area contributed by atoms with Crippen LogP contribution >= 0.6 is 24.0 Å². The lowest BCUT2D eigenvalue weighted by molar-refractivity contribution is -0.0835. The lowest BCUT2D eigenvalue weighted by atomic mass is 9.78. The molecule has 1 aromatic rings. The highest BCUT2D eigenvalue weighted by Crippen LogP contribution is 2.33. The Kier molecular flexibility index (Phi) is 10.9. The summed E-state index contributed by atoms with van der Waals surface area (Å²) in [7, 11) is 0. The summed E-state index contributed by atoms with van der Waals surface area (Å²) in [6, 6.07) is 8.76. The van der Waals surface area contributed by atoms with Crippen LogP contribution in [0.25, 0.3) is 0 Å². The molecule has 6 nitrogen and oxygen atoms in total. The van der Waals surface area contributed by atoms with Crippen LogP contribution in [0.1, 0.15) is 46.1 Å². The number of rotatable bonds is 6. The second kappa shape index (κ2) is 12.8. The van der Waals surface area contributed by atoms with Crippen molar-refractivity contribution in [2.24, 2.45) is 16.3 Å². The number of morpholine rings is 1. The average Bonchev–Trinajstić information content (AvgIpc) is 2.76. The molecule has 0 bridgehead atoms. The van der Waals surface area contributed by atoms with E-state index in [4.69, 9.17) is 14.5 Å². The largest absolute Gasteiger partial charge is 0.378 e. The zero-order valence-electron chi connectivity index (χ0n) is 19.7. The molecule has 0 saturated carbocycles. The maximum absolute atomic E-state index is 6.13. The molecule has 2 heterocycles. The van der Waals surface area contributed by atoms with Gasteiger partial charge in [-0.25, -0.2) is 4.99 Å². The van der Waals surface area contributed by atoms with Gasteiger partial charge >= 0.3 is 0 Å². The second-order valence-electron chi connectivity index (χ2n) is 9.40. The number of halogens is 1. The van der Waals surface area contributed by atoms with Gasteiger partial charge in [0.2, 0.25) is 0 Å². The zero-order valence-corrected chi connectivity index (χ0v) is 22.0. The summed E-state index contributed by atoms with van der Waals surface area (Å²) in [5.41, 5.74) is 2.64. The Hall–Kier alpha value is -1.06. The third-order valence-corrected chi connectivity index (χ3v) is 5.91. The Morgan fingerprint density at radius 3 is 2.45 bits per heavy atom. The van der Waals surface area contributed by atoms with E-state index in [1.807, 2.05) is 0 Å². The number of anilines is 1. The van der Waals surface area contributed by atoms with Crippen LogP contribution in [0.2, 0.25) is 0 Å². The van der Waals surface area contributed by atoms with Crippen LogP contribution < -0.4 is 15.5 Å². The molecule has 0 radical (unpaired) electrons. The van der Waals surface area contributed by atoms with Crippen molar-refractivity contribution in [1.29, 1.82) is 0 Å². The molecule has 176 valence electrons. The van der Waals surface area contributed by atoms with Crippen molar-refractivity contribution in [3.05, 3.63) is 29.8 Å². The molecular weight excluding hydrogens is 503 g/mol. The van der Waals surface area contributed by atoms with Gasteiger partial charge in [0.25, 0.3) is 0 Å². The first-order chi connectivity index (χ1) is 14.5. The monoisotopic (exact) mass is 544 g/mol. The molecule has 2 aliphatic heterocycles. The number of guanidine groups is 1. The first-order valence-electron chi connectivity index (χ1n) is 11.5. The number of ether oxygens (including phenoxy) is 2. The van der Waals surface area contributed by atoms with E-state index in [0.29, 0.717) is 12.5 Å². The Morgan fingerprint density at radius 2 is 1.81 bits per heavy atom. The van der Waals surface area contributed by atoms with Crippen molar-refractivity contribution in [1.82, 2.24) is 10.6 Å². The van der Waals surface area contributed by atoms with Gasteiger partial charge in [-0.3, -0.25) is 0 Å². The van der Waals surface area contributed by atoms with Crippen molar-refractivity contribution in [2.45, 2.75) is 53.2 Å². The summed E-state index contributed by atoms with van der Waals surface area (Å²) >= 11 is 0. The molecule has 2 N–H and O–H groups in total. The molecule has 31 heavy (non-hydrogen) atoms. The fourth-order valence-electron chi connectivity index (χ4n) is 4.38. The fourth-order valence-corrected chi connectivity index (χ4v) is 4.38. The van der Waals surface area contributed by atoms with Gasteiger partial charge in [0, 0.05) is 44.4 Å². The highest BCUT2D eigenvalue weighted by atomic mass is 127. The van der Waals surface area contributed by atoms with Gasteiger partial charge in [-0.2, -0.15) is 0 Å². The summed E-state index contributed by atoms with van der Waals surface area (Å²) in [6.45, 7) is 15.8. The molecule has 2 saturated heterocycles. The molecule has 2 unspecified atom stereocenters. The first-order valence-corrected chi connectivity index (χ1v) is 11.5. The number of nitrogens with zero attached hydrogens (tertiary/aromatic N) is 2. The lowest BCUT2D eigenvalue weighted by Gasteiger charge is -2.40. The van der Waals surface area contributed by atoms with Gasteiger partial charge in [-0.15, -0.1) is 24.0 Å². The van der Waals surface area contributed by atoms with Crippen LogP contribution in [0, 0.1) is 11.3 Å². The predicted molar refractivity (Wildman–Crippen MR) is 140 cm³/mol. The smallest absolute Gasteiger partial charge is 0.191 e. The van der Waals surface area contributed by atoms with E-state index >= 15 is 0 Å². The Morgan fingerprint density at radius 1 is 1.10 bits per heavy atom. The summed E-state index contributed by atoms with van der Waals surface area (Å²) in [4.78, 5) is 7.19. The Labute approximate surface area is 205 Å². The third-order valence-electron chi connectivity index (χ3n) is 5.91. The highest BCUT2D eigenvalue weighted by Gasteiger charge is 2.35. The van der Waals surface area contributed by atoms with Crippen LogP contribution in [0.5, 0.6) is 0 Å². The van der Waals surface area contributed by atoms with Crippen molar-refractivity contribution in [3.8, 4) is 0 Å². The van der Waals surface area contributed by atoms with Crippen molar-refractivity contribution >= 4 is 35.6 Å². The molecule has 3 rings (SSSR count). The summed E-state index contributed by atoms with van der Waals surface area (Å²) < 4.78 is 11.6. The third kappa shape index (κ3) is 8.09.